The lowest BCUT2D eigenvalue weighted by molar-refractivity contribution is -0.118. The summed E-state index contributed by atoms with van der Waals surface area (Å²) >= 11 is 6.14. The number of nitrogens with zero attached hydrogens (tertiary/aromatic N) is 2. The van der Waals surface area contributed by atoms with Gasteiger partial charge in [0.2, 0.25) is 0 Å². The number of hydrogen-bond donors (Lipinski definition) is 1. The first-order chi connectivity index (χ1) is 20.0. The molecule has 0 amide bonds. The normalized spacial score (nSPS) is 18.2. The fourth-order valence-electron chi connectivity index (χ4n) is 6.44. The Morgan fingerprint density at radius 1 is 1.02 bits per heavy atom. The van der Waals surface area contributed by atoms with Crippen LogP contribution in [0.4, 0.5) is 5.69 Å². The molecular weight excluding hydrogens is 542 g/mol. The number of rotatable bonds is 6. The van der Waals surface area contributed by atoms with E-state index in [1.165, 1.54) is 0 Å². The number of aryl methyl sites for hydroxylation is 4. The van der Waals surface area contributed by atoms with E-state index in [9.17, 15) is 10.1 Å². The lowest BCUT2D eigenvalue weighted by atomic mass is 9.68. The Labute approximate surface area is 254 Å². The molecule has 0 spiro atoms. The Hall–Kier alpha value is -4.01. The van der Waals surface area contributed by atoms with Crippen LogP contribution in [0.5, 0.6) is 5.75 Å². The van der Waals surface area contributed by atoms with Crippen LogP contribution in [0.3, 0.4) is 0 Å². The van der Waals surface area contributed by atoms with Gasteiger partial charge in [-0.1, -0.05) is 62.7 Å². The molecule has 2 N–H and O–H groups in total. The fourth-order valence-corrected chi connectivity index (χ4v) is 6.66. The molecule has 0 saturated heterocycles. The predicted molar refractivity (Wildman–Crippen MR) is 169 cm³/mol. The van der Waals surface area contributed by atoms with Crippen LogP contribution in [-0.2, 0) is 17.8 Å². The summed E-state index contributed by atoms with van der Waals surface area (Å²) in [7, 11) is 0. The summed E-state index contributed by atoms with van der Waals surface area (Å²) in [6.45, 7) is 12.8. The van der Waals surface area contributed by atoms with Crippen LogP contribution in [0, 0.1) is 37.5 Å². The molecule has 5 nitrogen and oxygen atoms in total. The van der Waals surface area contributed by atoms with E-state index in [0.717, 1.165) is 56.9 Å². The number of carbonyl (C=O) groups is 1. The maximum Gasteiger partial charge on any atom is 0.162 e. The van der Waals surface area contributed by atoms with Gasteiger partial charge in [-0.15, -0.1) is 0 Å². The molecule has 42 heavy (non-hydrogen) atoms. The molecule has 1 heterocycles. The van der Waals surface area contributed by atoms with Crippen LogP contribution in [0.2, 0.25) is 5.02 Å². The fraction of sp³-hybridized carbons (Fsp3) is 0.333. The average Bonchev–Trinajstić information content (AvgIpc) is 2.92. The minimum atomic E-state index is -0.546. The molecule has 0 aromatic heterocycles. The first-order valence-corrected chi connectivity index (χ1v) is 14.9. The highest BCUT2D eigenvalue weighted by atomic mass is 35.5. The van der Waals surface area contributed by atoms with E-state index in [4.69, 9.17) is 22.1 Å². The first kappa shape index (κ1) is 29.5. The van der Waals surface area contributed by atoms with E-state index >= 15 is 0 Å². The summed E-state index contributed by atoms with van der Waals surface area (Å²) in [4.78, 5) is 16.1. The molecular formula is C36H38ClN3O2. The number of ether oxygens (including phenoxy) is 1. The number of para-hydroxylation sites is 1. The monoisotopic (exact) mass is 579 g/mol. The van der Waals surface area contributed by atoms with Crippen molar-refractivity contribution in [2.45, 2.75) is 73.3 Å². The molecule has 3 aromatic carbocycles. The van der Waals surface area contributed by atoms with Crippen molar-refractivity contribution in [3.8, 4) is 11.8 Å². The molecule has 5 rings (SSSR count). The number of ketones is 1. The van der Waals surface area contributed by atoms with Crippen LogP contribution >= 0.6 is 11.6 Å². The highest BCUT2D eigenvalue weighted by Crippen LogP contribution is 2.51. The summed E-state index contributed by atoms with van der Waals surface area (Å²) in [6.07, 6.45) is 1.90. The SMILES string of the molecule is CCc1ccccc1N1C(N)=C(C#N)C(c2cc(COc3ccc(Cl)cc3C)c(C)cc2C)C2=C1CC(C)(C)CC2=O. The third-order valence-electron chi connectivity index (χ3n) is 8.55. The lowest BCUT2D eigenvalue weighted by Crippen LogP contribution is -2.42. The van der Waals surface area contributed by atoms with Crippen LogP contribution < -0.4 is 15.4 Å². The van der Waals surface area contributed by atoms with Crippen LogP contribution in [0.1, 0.15) is 72.9 Å². The smallest absolute Gasteiger partial charge is 0.162 e. The molecule has 0 saturated carbocycles. The predicted octanol–water partition coefficient (Wildman–Crippen LogP) is 8.35. The second kappa shape index (κ2) is 11.3. The average molecular weight is 580 g/mol. The van der Waals surface area contributed by atoms with Gasteiger partial charge in [-0.3, -0.25) is 9.69 Å². The van der Waals surface area contributed by atoms with Crippen molar-refractivity contribution in [3.63, 3.8) is 0 Å². The Bertz CT molecular complexity index is 1690. The molecule has 1 aliphatic heterocycles. The third kappa shape index (κ3) is 5.32. The molecule has 3 aromatic rings. The van der Waals surface area contributed by atoms with E-state index in [2.05, 4.69) is 52.0 Å². The van der Waals surface area contributed by atoms with Crippen molar-refractivity contribution in [1.29, 1.82) is 5.26 Å². The number of Topliss-reactive ketones (excluding diaryl/α,β-unsaturated/α-hetero) is 1. The van der Waals surface area contributed by atoms with Crippen molar-refractivity contribution < 1.29 is 9.53 Å². The molecule has 0 bridgehead atoms. The van der Waals surface area contributed by atoms with Crippen molar-refractivity contribution in [3.05, 3.63) is 116 Å². The minimum Gasteiger partial charge on any atom is -0.489 e. The zero-order valence-electron chi connectivity index (χ0n) is 25.3. The summed E-state index contributed by atoms with van der Waals surface area (Å²) in [5.74, 6) is 0.679. The van der Waals surface area contributed by atoms with Gasteiger partial charge in [0.05, 0.1) is 23.2 Å². The van der Waals surface area contributed by atoms with Crippen LogP contribution in [-0.4, -0.2) is 5.78 Å². The minimum absolute atomic E-state index is 0.0695. The van der Waals surface area contributed by atoms with Gasteiger partial charge in [-0.05, 0) is 96.7 Å². The highest BCUT2D eigenvalue weighted by molar-refractivity contribution is 6.30. The standard InChI is InChI=1S/C36H38ClN3O2/c1-7-24-10-8-9-11-29(24)40-30-17-36(5,6)18-31(41)34(30)33(28(19-38)35(40)39)27-16-25(21(2)14-22(27)3)20-42-32-13-12-26(37)15-23(32)4/h8-16,33H,7,17-18,20,39H2,1-6H3. The zero-order chi connectivity index (χ0) is 30.3. The Morgan fingerprint density at radius 2 is 1.76 bits per heavy atom. The number of anilines is 1. The van der Waals surface area contributed by atoms with Gasteiger partial charge < -0.3 is 10.5 Å². The number of benzene rings is 3. The Morgan fingerprint density at radius 3 is 2.45 bits per heavy atom. The lowest BCUT2D eigenvalue weighted by Gasteiger charge is -2.44. The summed E-state index contributed by atoms with van der Waals surface area (Å²) < 4.78 is 6.22. The first-order valence-electron chi connectivity index (χ1n) is 14.5. The van der Waals surface area contributed by atoms with Gasteiger partial charge in [0, 0.05) is 22.7 Å². The molecule has 1 unspecified atom stereocenters. The van der Waals surface area contributed by atoms with E-state index in [-0.39, 0.29) is 11.2 Å². The molecule has 0 fully saturated rings. The van der Waals surface area contributed by atoms with Crippen LogP contribution in [0.25, 0.3) is 0 Å². The van der Waals surface area contributed by atoms with Gasteiger partial charge >= 0.3 is 0 Å². The number of nitrogens with two attached hydrogens (primary N) is 1. The molecule has 216 valence electrons. The molecule has 1 aliphatic carbocycles. The Kier molecular flexibility index (Phi) is 7.96. The molecule has 0 radical (unpaired) electrons. The van der Waals surface area contributed by atoms with E-state index < -0.39 is 5.92 Å². The largest absolute Gasteiger partial charge is 0.489 e. The molecule has 1 atom stereocenters. The van der Waals surface area contributed by atoms with Gasteiger partial charge in [-0.25, -0.2) is 0 Å². The van der Waals surface area contributed by atoms with E-state index in [0.29, 0.717) is 41.4 Å². The highest BCUT2D eigenvalue weighted by Gasteiger charge is 2.45. The summed E-state index contributed by atoms with van der Waals surface area (Å²) in [5, 5.41) is 11.3. The number of allylic oxidation sites excluding steroid dienone is 3. The topological polar surface area (TPSA) is 79.3 Å². The van der Waals surface area contributed by atoms with E-state index in [1.54, 1.807) is 0 Å². The van der Waals surface area contributed by atoms with Crippen molar-refractivity contribution in [2.24, 2.45) is 11.1 Å². The third-order valence-corrected chi connectivity index (χ3v) is 8.79. The van der Waals surface area contributed by atoms with Crippen molar-refractivity contribution in [2.75, 3.05) is 4.90 Å². The van der Waals surface area contributed by atoms with Crippen LogP contribution in [0.15, 0.2) is 77.3 Å². The van der Waals surface area contributed by atoms with Crippen molar-refractivity contribution >= 4 is 23.1 Å². The van der Waals surface area contributed by atoms with E-state index in [1.807, 2.05) is 55.1 Å². The van der Waals surface area contributed by atoms with Crippen molar-refractivity contribution in [1.82, 2.24) is 0 Å². The number of halogens is 1. The maximum atomic E-state index is 14.1. The van der Waals surface area contributed by atoms with Gasteiger partial charge in [0.1, 0.15) is 18.2 Å². The second-order valence-electron chi connectivity index (χ2n) is 12.3. The maximum absolute atomic E-state index is 14.1. The van der Waals surface area contributed by atoms with Gasteiger partial charge in [0.25, 0.3) is 0 Å². The number of nitriles is 1. The Balaban J connectivity index is 1.67. The summed E-state index contributed by atoms with van der Waals surface area (Å²) in [6, 6.07) is 20.3. The zero-order valence-corrected chi connectivity index (χ0v) is 26.0. The van der Waals surface area contributed by atoms with Gasteiger partial charge in [-0.2, -0.15) is 5.26 Å². The summed E-state index contributed by atoms with van der Waals surface area (Å²) in [5.41, 5.74) is 15.7. The number of carbonyl (C=O) groups excluding carboxylic acids is 1. The second-order valence-corrected chi connectivity index (χ2v) is 12.7. The molecule has 2 aliphatic rings. The van der Waals surface area contributed by atoms with Gasteiger partial charge in [0.15, 0.2) is 5.78 Å². The molecule has 6 heteroatoms. The number of hydrogen-bond acceptors (Lipinski definition) is 5. The quantitative estimate of drug-likeness (QED) is 0.317.